The molecule has 0 atom stereocenters. The van der Waals surface area contributed by atoms with E-state index in [0.29, 0.717) is 17.2 Å². The lowest BCUT2D eigenvalue weighted by molar-refractivity contribution is 0.156. The van der Waals surface area contributed by atoms with Crippen molar-refractivity contribution in [3.63, 3.8) is 0 Å². The molecular formula is C19H19N3O5. The summed E-state index contributed by atoms with van der Waals surface area (Å²) in [7, 11) is 4.62. The number of methoxy groups -OCH3 is 2. The van der Waals surface area contributed by atoms with Crippen LogP contribution in [0.5, 0.6) is 11.5 Å². The predicted octanol–water partition coefficient (Wildman–Crippen LogP) is 2.21. The first kappa shape index (κ1) is 18.1. The van der Waals surface area contributed by atoms with Crippen LogP contribution in [-0.2, 0) is 7.05 Å². The zero-order valence-corrected chi connectivity index (χ0v) is 15.1. The van der Waals surface area contributed by atoms with Crippen LogP contribution in [0.3, 0.4) is 0 Å². The first-order valence-corrected chi connectivity index (χ1v) is 8.07. The Hall–Kier alpha value is -3.68. The Balaban J connectivity index is 2.07. The fraction of sp³-hybridized carbons (Fsp3) is 0.158. The van der Waals surface area contributed by atoms with E-state index in [0.717, 1.165) is 21.8 Å². The van der Waals surface area contributed by atoms with Crippen molar-refractivity contribution in [2.24, 2.45) is 7.05 Å². The SMILES string of the molecule is COc1cccc(OC)c1-c1cccc(Nc2cc(=O)n(O)c(=O)n2C)c1. The van der Waals surface area contributed by atoms with E-state index in [4.69, 9.17) is 9.47 Å². The lowest BCUT2D eigenvalue weighted by atomic mass is 10.0. The molecule has 0 fully saturated rings. The van der Waals surface area contributed by atoms with Gasteiger partial charge in [-0.1, -0.05) is 22.9 Å². The molecule has 1 aromatic heterocycles. The molecule has 0 saturated heterocycles. The molecule has 0 aliphatic rings. The fourth-order valence-electron chi connectivity index (χ4n) is 2.77. The molecule has 0 amide bonds. The average molecular weight is 369 g/mol. The maximum Gasteiger partial charge on any atom is 0.365 e. The number of aromatic nitrogens is 2. The molecule has 0 aliphatic heterocycles. The molecule has 2 N–H and O–H groups in total. The fourth-order valence-corrected chi connectivity index (χ4v) is 2.77. The third-order valence-electron chi connectivity index (χ3n) is 4.15. The molecule has 140 valence electrons. The van der Waals surface area contributed by atoms with Crippen LogP contribution in [0, 0.1) is 0 Å². The largest absolute Gasteiger partial charge is 0.496 e. The molecule has 1 heterocycles. The number of benzene rings is 2. The first-order valence-electron chi connectivity index (χ1n) is 8.07. The molecule has 3 rings (SSSR count). The lowest BCUT2D eigenvalue weighted by Crippen LogP contribution is -2.37. The smallest absolute Gasteiger partial charge is 0.365 e. The third kappa shape index (κ3) is 3.37. The minimum Gasteiger partial charge on any atom is -0.496 e. The molecule has 0 unspecified atom stereocenters. The standard InChI is InChI=1S/C19H19N3O5/c1-21-16(11-17(23)22(25)19(21)24)20-13-7-4-6-12(10-13)18-14(26-2)8-5-9-15(18)27-3/h4-11,20,25H,1-3H3. The van der Waals surface area contributed by atoms with Gasteiger partial charge in [-0.15, -0.1) is 0 Å². The lowest BCUT2D eigenvalue weighted by Gasteiger charge is -2.15. The quantitative estimate of drug-likeness (QED) is 0.670. The van der Waals surface area contributed by atoms with Crippen molar-refractivity contribution in [1.29, 1.82) is 0 Å². The highest BCUT2D eigenvalue weighted by Crippen LogP contribution is 2.39. The van der Waals surface area contributed by atoms with Gasteiger partial charge in [0.2, 0.25) is 0 Å². The van der Waals surface area contributed by atoms with Gasteiger partial charge in [0.15, 0.2) is 0 Å². The maximum absolute atomic E-state index is 11.9. The molecule has 8 heteroatoms. The molecule has 3 aromatic rings. The Bertz CT molecular complexity index is 1080. The van der Waals surface area contributed by atoms with Gasteiger partial charge in [0, 0.05) is 18.8 Å². The highest BCUT2D eigenvalue weighted by Gasteiger charge is 2.13. The van der Waals surface area contributed by atoms with Gasteiger partial charge in [0.05, 0.1) is 19.8 Å². The Morgan fingerprint density at radius 2 is 1.59 bits per heavy atom. The summed E-state index contributed by atoms with van der Waals surface area (Å²) in [6, 6.07) is 14.0. The second-order valence-corrected chi connectivity index (χ2v) is 5.76. The van der Waals surface area contributed by atoms with Crippen molar-refractivity contribution in [2.75, 3.05) is 19.5 Å². The van der Waals surface area contributed by atoms with Crippen LogP contribution in [0.15, 0.2) is 58.1 Å². The number of rotatable bonds is 5. The Morgan fingerprint density at radius 1 is 0.963 bits per heavy atom. The summed E-state index contributed by atoms with van der Waals surface area (Å²) in [5, 5.41) is 12.4. The van der Waals surface area contributed by atoms with E-state index < -0.39 is 11.2 Å². The van der Waals surface area contributed by atoms with Gasteiger partial charge >= 0.3 is 5.69 Å². The van der Waals surface area contributed by atoms with E-state index in [1.54, 1.807) is 20.3 Å². The molecule has 0 bridgehead atoms. The zero-order valence-electron chi connectivity index (χ0n) is 15.1. The van der Waals surface area contributed by atoms with Crippen LogP contribution >= 0.6 is 0 Å². The summed E-state index contributed by atoms with van der Waals surface area (Å²) < 4.78 is 12.1. The predicted molar refractivity (Wildman–Crippen MR) is 101 cm³/mol. The zero-order chi connectivity index (χ0) is 19.6. The van der Waals surface area contributed by atoms with Crippen LogP contribution in [-0.4, -0.2) is 28.7 Å². The monoisotopic (exact) mass is 369 g/mol. The van der Waals surface area contributed by atoms with Crippen molar-refractivity contribution in [3.8, 4) is 22.6 Å². The van der Waals surface area contributed by atoms with Crippen molar-refractivity contribution >= 4 is 11.5 Å². The van der Waals surface area contributed by atoms with Crippen LogP contribution in [0.25, 0.3) is 11.1 Å². The van der Waals surface area contributed by atoms with E-state index in [2.05, 4.69) is 5.32 Å². The average Bonchev–Trinajstić information content (AvgIpc) is 2.69. The summed E-state index contributed by atoms with van der Waals surface area (Å²) in [4.78, 5) is 23.5. The van der Waals surface area contributed by atoms with Gasteiger partial charge in [-0.3, -0.25) is 9.36 Å². The molecule has 0 spiro atoms. The summed E-state index contributed by atoms with van der Waals surface area (Å²) in [6.45, 7) is 0. The number of ether oxygens (including phenoxy) is 2. The molecule has 0 radical (unpaired) electrons. The van der Waals surface area contributed by atoms with Crippen LogP contribution in [0.2, 0.25) is 0 Å². The number of anilines is 2. The Morgan fingerprint density at radius 3 is 2.22 bits per heavy atom. The normalized spacial score (nSPS) is 10.5. The summed E-state index contributed by atoms with van der Waals surface area (Å²) in [5.41, 5.74) is 0.599. The highest BCUT2D eigenvalue weighted by molar-refractivity contribution is 5.79. The van der Waals surface area contributed by atoms with Crippen molar-refractivity contribution < 1.29 is 14.7 Å². The van der Waals surface area contributed by atoms with Crippen LogP contribution < -0.4 is 26.0 Å². The van der Waals surface area contributed by atoms with E-state index in [-0.39, 0.29) is 10.5 Å². The van der Waals surface area contributed by atoms with Crippen LogP contribution in [0.1, 0.15) is 0 Å². The number of hydrogen-bond acceptors (Lipinski definition) is 6. The number of nitrogens with one attached hydrogen (secondary N) is 1. The number of hydrogen-bond donors (Lipinski definition) is 2. The molecule has 27 heavy (non-hydrogen) atoms. The van der Waals surface area contributed by atoms with E-state index in [1.165, 1.54) is 7.05 Å². The highest BCUT2D eigenvalue weighted by atomic mass is 16.5. The number of nitrogens with zero attached hydrogens (tertiary/aromatic N) is 2. The van der Waals surface area contributed by atoms with E-state index in [9.17, 15) is 14.8 Å². The van der Waals surface area contributed by atoms with E-state index in [1.807, 2.05) is 36.4 Å². The van der Waals surface area contributed by atoms with Gasteiger partial charge in [-0.25, -0.2) is 4.79 Å². The molecule has 2 aromatic carbocycles. The molecule has 8 nitrogen and oxygen atoms in total. The third-order valence-corrected chi connectivity index (χ3v) is 4.15. The first-order chi connectivity index (χ1) is 13.0. The second-order valence-electron chi connectivity index (χ2n) is 5.76. The van der Waals surface area contributed by atoms with Gasteiger partial charge in [-0.05, 0) is 29.8 Å². The maximum atomic E-state index is 11.9. The Kier molecular flexibility index (Phi) is 4.89. The van der Waals surface area contributed by atoms with Gasteiger partial charge < -0.3 is 20.0 Å². The molecule has 0 saturated carbocycles. The van der Waals surface area contributed by atoms with Gasteiger partial charge in [-0.2, -0.15) is 0 Å². The Labute approximate surface area is 154 Å². The topological polar surface area (TPSA) is 94.7 Å². The minimum absolute atomic E-state index is 0.0568. The van der Waals surface area contributed by atoms with Gasteiger partial charge in [0.25, 0.3) is 5.56 Å². The van der Waals surface area contributed by atoms with Gasteiger partial charge in [0.1, 0.15) is 17.3 Å². The second kappa shape index (κ2) is 7.28. The van der Waals surface area contributed by atoms with Crippen molar-refractivity contribution in [3.05, 3.63) is 69.4 Å². The van der Waals surface area contributed by atoms with Crippen molar-refractivity contribution in [2.45, 2.75) is 0 Å². The summed E-state index contributed by atoms with van der Waals surface area (Å²) in [6.07, 6.45) is 0. The summed E-state index contributed by atoms with van der Waals surface area (Å²) >= 11 is 0. The van der Waals surface area contributed by atoms with E-state index >= 15 is 0 Å². The molecule has 0 aliphatic carbocycles. The summed E-state index contributed by atoms with van der Waals surface area (Å²) in [5.74, 6) is 1.56. The van der Waals surface area contributed by atoms with Crippen LogP contribution in [0.4, 0.5) is 11.5 Å². The molecular weight excluding hydrogens is 350 g/mol. The minimum atomic E-state index is -0.840. The van der Waals surface area contributed by atoms with Crippen molar-refractivity contribution in [1.82, 2.24) is 9.30 Å².